The number of fused-ring (bicyclic) bond motifs is 5. The van der Waals surface area contributed by atoms with Crippen LogP contribution in [0.15, 0.2) is 35.9 Å². The summed E-state index contributed by atoms with van der Waals surface area (Å²) in [6, 6.07) is 2.53. The maximum absolute atomic E-state index is 14.2. The van der Waals surface area contributed by atoms with E-state index >= 15 is 0 Å². The highest BCUT2D eigenvalue weighted by Crippen LogP contribution is 2.50. The summed E-state index contributed by atoms with van der Waals surface area (Å²) in [5, 5.41) is 3.53. The number of nitrogens with zero attached hydrogens (tertiary/aromatic N) is 2. The third kappa shape index (κ3) is 10.5. The molecule has 0 radical (unpaired) electrons. The summed E-state index contributed by atoms with van der Waals surface area (Å²) in [5.74, 6) is -0.456. The number of anilines is 1. The zero-order chi connectivity index (χ0) is 39.9. The molecule has 2 unspecified atom stereocenters. The molecule has 54 heavy (non-hydrogen) atoms. The number of allylic oxidation sites excluding steroid dienone is 3. The first-order valence-electron chi connectivity index (χ1n) is 18.7. The average molecular weight is 792 g/mol. The predicted molar refractivity (Wildman–Crippen MR) is 211 cm³/mol. The second-order valence-corrected chi connectivity index (χ2v) is 17.0. The molecule has 3 amide bonds. The van der Waals surface area contributed by atoms with Crippen LogP contribution in [-0.2, 0) is 39.8 Å². The van der Waals surface area contributed by atoms with Crippen molar-refractivity contribution < 1.29 is 42.9 Å². The van der Waals surface area contributed by atoms with Crippen molar-refractivity contribution in [2.45, 2.75) is 115 Å². The summed E-state index contributed by atoms with van der Waals surface area (Å²) in [7, 11) is 6.39. The van der Waals surface area contributed by atoms with Crippen LogP contribution in [0.25, 0.3) is 0 Å². The lowest BCUT2D eigenvalue weighted by molar-refractivity contribution is -0.155. The smallest absolute Gasteiger partial charge is 0.407 e. The molecule has 0 spiro atoms. The molecule has 14 heteroatoms. The Labute approximate surface area is 329 Å². The van der Waals surface area contributed by atoms with Crippen LogP contribution in [0.2, 0.25) is 5.02 Å². The fourth-order valence-electron chi connectivity index (χ4n) is 7.29. The first kappa shape index (κ1) is 43.5. The van der Waals surface area contributed by atoms with Crippen molar-refractivity contribution in [2.24, 2.45) is 11.8 Å². The highest BCUT2D eigenvalue weighted by molar-refractivity contribution is 7.99. The number of alkyl carbamates (subject to hydrolysis) is 1. The van der Waals surface area contributed by atoms with E-state index in [1.165, 1.54) is 16.9 Å². The van der Waals surface area contributed by atoms with Crippen molar-refractivity contribution in [3.63, 3.8) is 0 Å². The summed E-state index contributed by atoms with van der Waals surface area (Å²) in [6.07, 6.45) is 5.92. The van der Waals surface area contributed by atoms with Crippen molar-refractivity contribution >= 4 is 52.9 Å². The highest BCUT2D eigenvalue weighted by atomic mass is 35.5. The standard InChI is InChI=1S/C40H58ClN3O9S/c1-11-54-24(3)15-16-34(45)43(7)26(5)38(47)51-22-28-20-35(46)44(8)30-18-27(19-33(50-10)36(30)41)17-23(2)13-12-14-31(49-9)29-21-32(52-39(48)42-29)25(4)37-40(28,6)53-37/h12-14,18-19,24-26,28-29,31-32,37H,11,15-17,20-22H2,1-10H3,(H,42,48)/b14-12+,23-13+/t24?,25-,26+,28-,29?,31-,32+,37+,40+/m1/s1. The van der Waals surface area contributed by atoms with E-state index < -0.39 is 47.9 Å². The van der Waals surface area contributed by atoms with Gasteiger partial charge < -0.3 is 38.8 Å². The Bertz CT molecular complexity index is 1590. The summed E-state index contributed by atoms with van der Waals surface area (Å²) >= 11 is 8.59. The van der Waals surface area contributed by atoms with Crippen LogP contribution in [0.4, 0.5) is 10.5 Å². The fraction of sp³-hybridized carbons (Fsp3) is 0.650. The van der Waals surface area contributed by atoms with Crippen molar-refractivity contribution in [3.8, 4) is 5.75 Å². The number of hydrogen-bond acceptors (Lipinski definition) is 10. The van der Waals surface area contributed by atoms with Crippen LogP contribution >= 0.6 is 23.4 Å². The van der Waals surface area contributed by atoms with Gasteiger partial charge in [-0.3, -0.25) is 9.59 Å². The SMILES string of the molecule is CCSC(C)CCC(=O)N(C)[C@@H](C)C(=O)OC[C@H]1CC(=O)N(C)c2cc(cc(OC)c2Cl)C/C(C)=C/C=C/[C@@H](OC)C2C[C@H](OC(=O)N2)[C@@H](C)[C@@H]2O[C@@]12C. The number of thioether (sulfide) groups is 1. The minimum atomic E-state index is -0.908. The highest BCUT2D eigenvalue weighted by Gasteiger charge is 2.62. The molecule has 0 saturated carbocycles. The average Bonchev–Trinajstić information content (AvgIpc) is 3.84. The molecule has 3 aliphatic heterocycles. The van der Waals surface area contributed by atoms with E-state index in [1.807, 2.05) is 51.1 Å². The van der Waals surface area contributed by atoms with Gasteiger partial charge in [-0.05, 0) is 57.1 Å². The minimum absolute atomic E-state index is 0.0499. The van der Waals surface area contributed by atoms with Crippen LogP contribution in [0.3, 0.4) is 0 Å². The number of hydrogen-bond donors (Lipinski definition) is 1. The molecule has 2 fully saturated rings. The summed E-state index contributed by atoms with van der Waals surface area (Å²) in [6.45, 7) is 11.5. The lowest BCUT2D eigenvalue weighted by atomic mass is 9.81. The molecule has 1 aromatic rings. The fourth-order valence-corrected chi connectivity index (χ4v) is 8.46. The van der Waals surface area contributed by atoms with Crippen LogP contribution in [0.1, 0.15) is 72.8 Å². The first-order valence-corrected chi connectivity index (χ1v) is 20.2. The Balaban J connectivity index is 1.64. The molecule has 3 heterocycles. The van der Waals surface area contributed by atoms with Gasteiger partial charge in [0.1, 0.15) is 22.9 Å². The number of nitrogens with one attached hydrogen (secondary N) is 1. The molecule has 1 N–H and O–H groups in total. The van der Waals surface area contributed by atoms with Crippen LogP contribution in [-0.4, -0.2) is 111 Å². The van der Waals surface area contributed by atoms with Crippen LogP contribution in [0, 0.1) is 11.8 Å². The van der Waals surface area contributed by atoms with Gasteiger partial charge in [0.25, 0.3) is 0 Å². The zero-order valence-corrected chi connectivity index (χ0v) is 34.9. The Morgan fingerprint density at radius 2 is 1.94 bits per heavy atom. The number of ether oxygens (including phenoxy) is 5. The Morgan fingerprint density at radius 1 is 1.22 bits per heavy atom. The summed E-state index contributed by atoms with van der Waals surface area (Å²) in [4.78, 5) is 56.3. The molecule has 4 rings (SSSR count). The van der Waals surface area contributed by atoms with Crippen molar-refractivity contribution in [1.29, 1.82) is 0 Å². The number of rotatable bonds is 11. The van der Waals surface area contributed by atoms with Crippen molar-refractivity contribution in [2.75, 3.05) is 45.6 Å². The molecule has 0 aromatic heterocycles. The van der Waals surface area contributed by atoms with E-state index in [9.17, 15) is 19.2 Å². The molecule has 300 valence electrons. The number of methoxy groups -OCH3 is 2. The third-order valence-electron chi connectivity index (χ3n) is 11.1. The molecule has 1 aromatic carbocycles. The Kier molecular flexibility index (Phi) is 15.3. The predicted octanol–water partition coefficient (Wildman–Crippen LogP) is 6.36. The number of carbonyl (C=O) groups excluding carboxylic acids is 4. The number of likely N-dealkylation sites (N-methyl/N-ethyl adjacent to an activating group) is 1. The number of carbonyl (C=O) groups is 4. The van der Waals surface area contributed by atoms with Gasteiger partial charge in [-0.1, -0.05) is 56.2 Å². The molecule has 2 saturated heterocycles. The van der Waals surface area contributed by atoms with E-state index in [4.69, 9.17) is 35.3 Å². The van der Waals surface area contributed by atoms with Gasteiger partial charge >= 0.3 is 12.1 Å². The maximum atomic E-state index is 14.2. The first-order chi connectivity index (χ1) is 25.5. The molecular formula is C40H58ClN3O9S. The van der Waals surface area contributed by atoms with Gasteiger partial charge in [0.15, 0.2) is 0 Å². The topological polar surface area (TPSA) is 136 Å². The summed E-state index contributed by atoms with van der Waals surface area (Å²) < 4.78 is 29.5. The van der Waals surface area contributed by atoms with Crippen LogP contribution < -0.4 is 15.0 Å². The largest absolute Gasteiger partial charge is 0.495 e. The van der Waals surface area contributed by atoms with Gasteiger partial charge in [0.2, 0.25) is 11.8 Å². The van der Waals surface area contributed by atoms with E-state index in [-0.39, 0.29) is 36.8 Å². The molecule has 0 aliphatic carbocycles. The van der Waals surface area contributed by atoms with Gasteiger partial charge in [-0.2, -0.15) is 11.8 Å². The Morgan fingerprint density at radius 3 is 2.61 bits per heavy atom. The lowest BCUT2D eigenvalue weighted by Crippen LogP contribution is -2.53. The number of benzene rings is 1. The monoisotopic (exact) mass is 791 g/mol. The molecule has 9 atom stereocenters. The molecular weight excluding hydrogens is 734 g/mol. The quantitative estimate of drug-likeness (QED) is 0.199. The number of esters is 1. The van der Waals surface area contributed by atoms with Crippen molar-refractivity contribution in [3.05, 3.63) is 46.5 Å². The van der Waals surface area contributed by atoms with E-state index in [0.29, 0.717) is 47.4 Å². The maximum Gasteiger partial charge on any atom is 0.407 e. The van der Waals surface area contributed by atoms with E-state index in [2.05, 4.69) is 19.2 Å². The number of amides is 3. The van der Waals surface area contributed by atoms with Gasteiger partial charge in [0, 0.05) is 57.6 Å². The molecule has 4 bridgehead atoms. The lowest BCUT2D eigenvalue weighted by Gasteiger charge is -2.36. The Hall–Kier alpha value is -3.26. The number of epoxide rings is 1. The third-order valence-corrected chi connectivity index (χ3v) is 12.6. The molecule has 3 aliphatic rings. The number of halogens is 1. The minimum Gasteiger partial charge on any atom is -0.495 e. The van der Waals surface area contributed by atoms with Gasteiger partial charge in [-0.15, -0.1) is 0 Å². The van der Waals surface area contributed by atoms with Crippen LogP contribution in [0.5, 0.6) is 5.75 Å². The summed E-state index contributed by atoms with van der Waals surface area (Å²) in [5.41, 5.74) is 1.49. The van der Waals surface area contributed by atoms with E-state index in [1.54, 1.807) is 39.9 Å². The molecule has 12 nitrogen and oxygen atoms in total. The second kappa shape index (κ2) is 19.1. The van der Waals surface area contributed by atoms with E-state index in [0.717, 1.165) is 16.9 Å². The normalized spacial score (nSPS) is 30.1. The second-order valence-electron chi connectivity index (χ2n) is 14.9. The van der Waals surface area contributed by atoms with Crippen molar-refractivity contribution in [1.82, 2.24) is 10.2 Å². The van der Waals surface area contributed by atoms with Gasteiger partial charge in [0.05, 0.1) is 43.3 Å². The van der Waals surface area contributed by atoms with Gasteiger partial charge in [-0.25, -0.2) is 9.59 Å². The zero-order valence-electron chi connectivity index (χ0n) is 33.3.